The maximum atomic E-state index is 13.1. The van der Waals surface area contributed by atoms with Gasteiger partial charge in [-0.1, -0.05) is 20.8 Å². The van der Waals surface area contributed by atoms with Crippen LogP contribution < -0.4 is 10.6 Å². The van der Waals surface area contributed by atoms with Crippen molar-refractivity contribution in [3.05, 3.63) is 47.5 Å². The summed E-state index contributed by atoms with van der Waals surface area (Å²) in [6, 6.07) is 6.08. The Kier molecular flexibility index (Phi) is 7.88. The van der Waals surface area contributed by atoms with Crippen molar-refractivity contribution in [2.45, 2.75) is 26.7 Å². The van der Waals surface area contributed by atoms with E-state index in [1.165, 1.54) is 12.1 Å². The molecular formula is C17H24ClFN4O. The molecule has 0 atom stereocenters. The normalized spacial score (nSPS) is 10.5. The number of hydrogen-bond donors (Lipinski definition) is 2. The van der Waals surface area contributed by atoms with Gasteiger partial charge in [-0.15, -0.1) is 12.4 Å². The summed E-state index contributed by atoms with van der Waals surface area (Å²) in [5.41, 5.74) is 2.11. The average Bonchev–Trinajstić information content (AvgIpc) is 2.97. The maximum absolute atomic E-state index is 13.1. The number of carbonyl (C=O) groups is 1. The molecule has 132 valence electrons. The van der Waals surface area contributed by atoms with Crippen molar-refractivity contribution in [3.63, 3.8) is 0 Å². The summed E-state index contributed by atoms with van der Waals surface area (Å²) >= 11 is 0. The Balaban J connectivity index is 0.00000288. The number of nitrogens with zero attached hydrogens (tertiary/aromatic N) is 2. The summed E-state index contributed by atoms with van der Waals surface area (Å²) in [6.07, 6.45) is 1.57. The van der Waals surface area contributed by atoms with Crippen molar-refractivity contribution in [1.29, 1.82) is 0 Å². The number of hydrogen-bond acceptors (Lipinski definition) is 3. The Labute approximate surface area is 148 Å². The van der Waals surface area contributed by atoms with Gasteiger partial charge >= 0.3 is 0 Å². The highest BCUT2D eigenvalue weighted by Gasteiger charge is 2.20. The lowest BCUT2D eigenvalue weighted by Crippen LogP contribution is -2.32. The number of nitrogens with one attached hydrogen (secondary N) is 2. The molecule has 0 fully saturated rings. The van der Waals surface area contributed by atoms with Crippen LogP contribution >= 0.6 is 12.4 Å². The summed E-state index contributed by atoms with van der Waals surface area (Å²) in [4.78, 5) is 12.4. The van der Waals surface area contributed by atoms with Gasteiger partial charge in [0.05, 0.1) is 23.1 Å². The van der Waals surface area contributed by atoms with E-state index >= 15 is 0 Å². The van der Waals surface area contributed by atoms with Gasteiger partial charge in [0, 0.05) is 13.1 Å². The quantitative estimate of drug-likeness (QED) is 0.752. The van der Waals surface area contributed by atoms with Gasteiger partial charge in [0.2, 0.25) is 0 Å². The van der Waals surface area contributed by atoms with Crippen molar-refractivity contribution < 1.29 is 9.18 Å². The van der Waals surface area contributed by atoms with Crippen LogP contribution in [-0.4, -0.2) is 35.3 Å². The predicted octanol–water partition coefficient (Wildman–Crippen LogP) is 2.90. The third-order valence-electron chi connectivity index (χ3n) is 3.51. The van der Waals surface area contributed by atoms with Crippen LogP contribution in [0.3, 0.4) is 0 Å². The van der Waals surface area contributed by atoms with Gasteiger partial charge in [-0.05, 0) is 36.7 Å². The van der Waals surface area contributed by atoms with E-state index in [0.717, 1.165) is 24.5 Å². The molecule has 0 radical (unpaired) electrons. The zero-order chi connectivity index (χ0) is 16.8. The highest BCUT2D eigenvalue weighted by Crippen LogP contribution is 2.23. The average molecular weight is 355 g/mol. The van der Waals surface area contributed by atoms with Crippen LogP contribution in [0.25, 0.3) is 5.69 Å². The van der Waals surface area contributed by atoms with E-state index in [1.807, 2.05) is 20.8 Å². The Morgan fingerprint density at radius 3 is 2.50 bits per heavy atom. The Morgan fingerprint density at radius 2 is 1.92 bits per heavy atom. The highest BCUT2D eigenvalue weighted by molar-refractivity contribution is 5.95. The van der Waals surface area contributed by atoms with E-state index in [0.29, 0.717) is 12.1 Å². The van der Waals surface area contributed by atoms with E-state index < -0.39 is 0 Å². The van der Waals surface area contributed by atoms with Crippen LogP contribution in [0.5, 0.6) is 0 Å². The zero-order valence-electron chi connectivity index (χ0n) is 14.2. The molecule has 1 amide bonds. The fraction of sp³-hybridized carbons (Fsp3) is 0.412. The Hall–Kier alpha value is -1.92. The number of aromatic nitrogens is 2. The topological polar surface area (TPSA) is 58.9 Å². The molecule has 1 aromatic carbocycles. The molecule has 0 unspecified atom stereocenters. The molecule has 7 heteroatoms. The summed E-state index contributed by atoms with van der Waals surface area (Å²) in [7, 11) is 0. The molecule has 0 spiro atoms. The molecule has 0 aliphatic carbocycles. The first-order valence-electron chi connectivity index (χ1n) is 7.87. The second-order valence-corrected chi connectivity index (χ2v) is 5.60. The zero-order valence-corrected chi connectivity index (χ0v) is 15.0. The minimum atomic E-state index is -0.298. The van der Waals surface area contributed by atoms with Crippen molar-refractivity contribution in [2.24, 2.45) is 0 Å². The summed E-state index contributed by atoms with van der Waals surface area (Å²) in [5.74, 6) is -0.328. The lowest BCUT2D eigenvalue weighted by molar-refractivity contribution is 0.0952. The monoisotopic (exact) mass is 354 g/mol. The number of rotatable bonds is 7. The SMILES string of the molecule is CCNCCNC(=O)c1cnn(-c2ccc(F)cc2)c1C(C)C.Cl. The second kappa shape index (κ2) is 9.39. The standard InChI is InChI=1S/C17H23FN4O.ClH/c1-4-19-9-10-20-17(23)15-11-21-22(16(15)12(2)3)14-7-5-13(18)6-8-14;/h5-8,11-12,19H,4,9-10H2,1-3H3,(H,20,23);1H. The van der Waals surface area contributed by atoms with Crippen molar-refractivity contribution in [2.75, 3.05) is 19.6 Å². The van der Waals surface area contributed by atoms with Gasteiger partial charge < -0.3 is 10.6 Å². The van der Waals surface area contributed by atoms with Gasteiger partial charge in [0.1, 0.15) is 5.82 Å². The van der Waals surface area contributed by atoms with Crippen molar-refractivity contribution in [1.82, 2.24) is 20.4 Å². The third-order valence-corrected chi connectivity index (χ3v) is 3.51. The number of halogens is 2. The maximum Gasteiger partial charge on any atom is 0.254 e. The molecule has 0 bridgehead atoms. The van der Waals surface area contributed by atoms with Gasteiger partial charge in [-0.2, -0.15) is 5.10 Å². The van der Waals surface area contributed by atoms with E-state index in [9.17, 15) is 9.18 Å². The van der Waals surface area contributed by atoms with Gasteiger partial charge in [0.15, 0.2) is 0 Å². The molecule has 2 N–H and O–H groups in total. The predicted molar refractivity (Wildman–Crippen MR) is 95.7 cm³/mol. The highest BCUT2D eigenvalue weighted by atomic mass is 35.5. The van der Waals surface area contributed by atoms with Crippen LogP contribution in [0, 0.1) is 5.82 Å². The summed E-state index contributed by atoms with van der Waals surface area (Å²) < 4.78 is 14.8. The second-order valence-electron chi connectivity index (χ2n) is 5.60. The lowest BCUT2D eigenvalue weighted by Gasteiger charge is -2.13. The Morgan fingerprint density at radius 1 is 1.25 bits per heavy atom. The molecule has 1 aromatic heterocycles. The lowest BCUT2D eigenvalue weighted by atomic mass is 10.1. The molecule has 5 nitrogen and oxygen atoms in total. The number of carbonyl (C=O) groups excluding carboxylic acids is 1. The van der Waals surface area contributed by atoms with E-state index in [-0.39, 0.29) is 30.0 Å². The van der Waals surface area contributed by atoms with Gasteiger partial charge in [-0.25, -0.2) is 9.07 Å². The third kappa shape index (κ3) is 4.79. The smallest absolute Gasteiger partial charge is 0.254 e. The van der Waals surface area contributed by atoms with Gasteiger partial charge in [-0.3, -0.25) is 4.79 Å². The van der Waals surface area contributed by atoms with E-state index in [2.05, 4.69) is 15.7 Å². The van der Waals surface area contributed by atoms with Crippen LogP contribution in [-0.2, 0) is 0 Å². The summed E-state index contributed by atoms with van der Waals surface area (Å²) in [6.45, 7) is 8.19. The molecule has 2 aromatic rings. The number of benzene rings is 1. The first-order chi connectivity index (χ1) is 11.0. The van der Waals surface area contributed by atoms with Crippen molar-refractivity contribution >= 4 is 18.3 Å². The molecule has 24 heavy (non-hydrogen) atoms. The largest absolute Gasteiger partial charge is 0.351 e. The number of likely N-dealkylation sites (N-methyl/N-ethyl adjacent to an activating group) is 1. The van der Waals surface area contributed by atoms with Crippen LogP contribution in [0.15, 0.2) is 30.5 Å². The van der Waals surface area contributed by atoms with Crippen molar-refractivity contribution in [3.8, 4) is 5.69 Å². The van der Waals surface area contributed by atoms with Crippen LogP contribution in [0.2, 0.25) is 0 Å². The summed E-state index contributed by atoms with van der Waals surface area (Å²) in [5, 5.41) is 10.4. The van der Waals surface area contributed by atoms with Crippen LogP contribution in [0.1, 0.15) is 42.7 Å². The first-order valence-corrected chi connectivity index (χ1v) is 7.87. The fourth-order valence-corrected chi connectivity index (χ4v) is 2.41. The molecular weight excluding hydrogens is 331 g/mol. The number of amides is 1. The fourth-order valence-electron chi connectivity index (χ4n) is 2.41. The molecule has 1 heterocycles. The molecule has 0 saturated heterocycles. The van der Waals surface area contributed by atoms with E-state index in [1.54, 1.807) is 23.0 Å². The molecule has 0 aliphatic rings. The first kappa shape index (κ1) is 20.1. The van der Waals surface area contributed by atoms with Gasteiger partial charge in [0.25, 0.3) is 5.91 Å². The molecule has 0 saturated carbocycles. The molecule has 0 aliphatic heterocycles. The minimum absolute atomic E-state index is 0. The minimum Gasteiger partial charge on any atom is -0.351 e. The van der Waals surface area contributed by atoms with E-state index in [4.69, 9.17) is 0 Å². The Bertz CT molecular complexity index is 655. The molecule has 2 rings (SSSR count). The van der Waals surface area contributed by atoms with Crippen LogP contribution in [0.4, 0.5) is 4.39 Å².